The van der Waals surface area contributed by atoms with Crippen LogP contribution >= 0.6 is 0 Å². The van der Waals surface area contributed by atoms with Crippen LogP contribution in [0.2, 0.25) is 0 Å². The highest BCUT2D eigenvalue weighted by molar-refractivity contribution is 4.92. The molecule has 1 nitrogen and oxygen atoms in total. The van der Waals surface area contributed by atoms with E-state index in [-0.39, 0.29) is 0 Å². The van der Waals surface area contributed by atoms with E-state index >= 15 is 0 Å². The zero-order valence-electron chi connectivity index (χ0n) is 8.42. The summed E-state index contributed by atoms with van der Waals surface area (Å²) in [5.41, 5.74) is 0. The Labute approximate surface area is 75.5 Å². The molecular formula is C11H20O. The molecule has 0 aliphatic carbocycles. The van der Waals surface area contributed by atoms with E-state index in [0.717, 1.165) is 17.8 Å². The van der Waals surface area contributed by atoms with Crippen LogP contribution in [0.4, 0.5) is 0 Å². The smallest absolute Gasteiger partial charge is 0.0611 e. The Kier molecular flexibility index (Phi) is 2.16. The first-order valence-corrected chi connectivity index (χ1v) is 5.34. The Balaban J connectivity index is 1.97. The molecule has 2 aliphatic rings. The molecule has 2 rings (SSSR count). The van der Waals surface area contributed by atoms with Crippen LogP contribution in [-0.4, -0.2) is 12.2 Å². The van der Waals surface area contributed by atoms with E-state index in [1.54, 1.807) is 0 Å². The Morgan fingerprint density at radius 2 is 1.92 bits per heavy atom. The molecule has 1 heteroatoms. The van der Waals surface area contributed by atoms with Crippen molar-refractivity contribution in [1.29, 1.82) is 0 Å². The van der Waals surface area contributed by atoms with Gasteiger partial charge in [-0.25, -0.2) is 0 Å². The van der Waals surface area contributed by atoms with Crippen LogP contribution in [-0.2, 0) is 4.74 Å². The van der Waals surface area contributed by atoms with Crippen LogP contribution in [0.25, 0.3) is 0 Å². The van der Waals surface area contributed by atoms with E-state index in [0.29, 0.717) is 12.2 Å². The molecule has 0 N–H and O–H groups in total. The SMILES string of the molecule is CC(C)[C@H](C)C1CC2CCC1O2. The van der Waals surface area contributed by atoms with Crippen LogP contribution < -0.4 is 0 Å². The molecule has 2 aliphatic heterocycles. The second-order valence-corrected chi connectivity index (χ2v) is 4.88. The molecule has 2 saturated heterocycles. The lowest BCUT2D eigenvalue weighted by Gasteiger charge is -2.28. The lowest BCUT2D eigenvalue weighted by molar-refractivity contribution is 0.0777. The second kappa shape index (κ2) is 3.02. The van der Waals surface area contributed by atoms with Gasteiger partial charge in [0.1, 0.15) is 0 Å². The molecule has 70 valence electrons. The summed E-state index contributed by atoms with van der Waals surface area (Å²) in [4.78, 5) is 0. The third-order valence-corrected chi connectivity index (χ3v) is 3.88. The van der Waals surface area contributed by atoms with E-state index in [1.807, 2.05) is 0 Å². The third kappa shape index (κ3) is 1.28. The number of hydrogen-bond acceptors (Lipinski definition) is 1. The molecule has 2 heterocycles. The molecule has 0 amide bonds. The van der Waals surface area contributed by atoms with Gasteiger partial charge in [-0.3, -0.25) is 0 Å². The van der Waals surface area contributed by atoms with Gasteiger partial charge in [0.25, 0.3) is 0 Å². The highest BCUT2D eigenvalue weighted by atomic mass is 16.5. The Hall–Kier alpha value is -0.0400. The maximum atomic E-state index is 5.86. The fourth-order valence-electron chi connectivity index (χ4n) is 2.72. The summed E-state index contributed by atoms with van der Waals surface area (Å²) in [6.07, 6.45) is 5.23. The minimum atomic E-state index is 0.618. The Morgan fingerprint density at radius 1 is 1.17 bits per heavy atom. The summed E-state index contributed by atoms with van der Waals surface area (Å²) in [6.45, 7) is 7.05. The molecule has 0 aromatic rings. The molecule has 0 aromatic carbocycles. The summed E-state index contributed by atoms with van der Waals surface area (Å²) in [5.74, 6) is 2.53. The molecule has 2 bridgehead atoms. The van der Waals surface area contributed by atoms with E-state index in [9.17, 15) is 0 Å². The van der Waals surface area contributed by atoms with Gasteiger partial charge in [0.05, 0.1) is 12.2 Å². The van der Waals surface area contributed by atoms with Gasteiger partial charge in [-0.1, -0.05) is 20.8 Å². The van der Waals surface area contributed by atoms with E-state index in [4.69, 9.17) is 4.74 Å². The quantitative estimate of drug-likeness (QED) is 0.616. The lowest BCUT2D eigenvalue weighted by atomic mass is 9.76. The Bertz CT molecular complexity index is 164. The fraction of sp³-hybridized carbons (Fsp3) is 1.00. The molecule has 3 unspecified atom stereocenters. The normalized spacial score (nSPS) is 42.5. The van der Waals surface area contributed by atoms with Crippen molar-refractivity contribution in [2.45, 2.75) is 52.2 Å². The van der Waals surface area contributed by atoms with Gasteiger partial charge in [0.15, 0.2) is 0 Å². The first kappa shape index (κ1) is 8.55. The molecule has 0 radical (unpaired) electrons. The minimum Gasteiger partial charge on any atom is -0.375 e. The van der Waals surface area contributed by atoms with Crippen molar-refractivity contribution in [3.05, 3.63) is 0 Å². The minimum absolute atomic E-state index is 0.618. The maximum absolute atomic E-state index is 5.86. The average molecular weight is 168 g/mol. The zero-order valence-corrected chi connectivity index (χ0v) is 8.42. The van der Waals surface area contributed by atoms with Gasteiger partial charge >= 0.3 is 0 Å². The van der Waals surface area contributed by atoms with Crippen molar-refractivity contribution in [1.82, 2.24) is 0 Å². The molecule has 2 fully saturated rings. The van der Waals surface area contributed by atoms with Crippen LogP contribution in [0, 0.1) is 17.8 Å². The first-order valence-electron chi connectivity index (χ1n) is 5.34. The van der Waals surface area contributed by atoms with Crippen molar-refractivity contribution >= 4 is 0 Å². The van der Waals surface area contributed by atoms with Crippen molar-refractivity contribution in [2.24, 2.45) is 17.8 Å². The summed E-state index contributed by atoms with van der Waals surface area (Å²) >= 11 is 0. The van der Waals surface area contributed by atoms with Crippen molar-refractivity contribution < 1.29 is 4.74 Å². The molecule has 12 heavy (non-hydrogen) atoms. The highest BCUT2D eigenvalue weighted by Gasteiger charge is 2.43. The summed E-state index contributed by atoms with van der Waals surface area (Å²) in [5, 5.41) is 0. The summed E-state index contributed by atoms with van der Waals surface area (Å²) in [7, 11) is 0. The largest absolute Gasteiger partial charge is 0.375 e. The van der Waals surface area contributed by atoms with Crippen LogP contribution in [0.5, 0.6) is 0 Å². The van der Waals surface area contributed by atoms with Gasteiger partial charge in [0, 0.05) is 0 Å². The maximum Gasteiger partial charge on any atom is 0.0611 e. The predicted molar refractivity (Wildman–Crippen MR) is 50.0 cm³/mol. The number of rotatable bonds is 2. The van der Waals surface area contributed by atoms with Crippen LogP contribution in [0.3, 0.4) is 0 Å². The van der Waals surface area contributed by atoms with Crippen LogP contribution in [0.1, 0.15) is 40.0 Å². The number of ether oxygens (including phenoxy) is 1. The molecular weight excluding hydrogens is 148 g/mol. The van der Waals surface area contributed by atoms with Crippen molar-refractivity contribution in [3.63, 3.8) is 0 Å². The second-order valence-electron chi connectivity index (χ2n) is 4.88. The standard InChI is InChI=1S/C11H20O/c1-7(2)8(3)10-6-9-4-5-11(10)12-9/h7-11H,4-6H2,1-3H3/t8-,9?,10?,11?/m0/s1. The topological polar surface area (TPSA) is 9.23 Å². The van der Waals surface area contributed by atoms with E-state index in [1.165, 1.54) is 19.3 Å². The monoisotopic (exact) mass is 168 g/mol. The predicted octanol–water partition coefficient (Wildman–Crippen LogP) is 2.85. The van der Waals surface area contributed by atoms with Gasteiger partial charge in [-0.05, 0) is 37.0 Å². The molecule has 4 atom stereocenters. The van der Waals surface area contributed by atoms with Gasteiger partial charge in [-0.2, -0.15) is 0 Å². The summed E-state index contributed by atoms with van der Waals surface area (Å²) in [6, 6.07) is 0. The fourth-order valence-corrected chi connectivity index (χ4v) is 2.72. The van der Waals surface area contributed by atoms with Gasteiger partial charge < -0.3 is 4.74 Å². The first-order chi connectivity index (χ1) is 5.68. The van der Waals surface area contributed by atoms with Gasteiger partial charge in [-0.15, -0.1) is 0 Å². The molecule has 0 saturated carbocycles. The van der Waals surface area contributed by atoms with E-state index < -0.39 is 0 Å². The Morgan fingerprint density at radius 3 is 2.33 bits per heavy atom. The zero-order chi connectivity index (χ0) is 8.72. The van der Waals surface area contributed by atoms with Gasteiger partial charge in [0.2, 0.25) is 0 Å². The van der Waals surface area contributed by atoms with Crippen molar-refractivity contribution in [3.8, 4) is 0 Å². The lowest BCUT2D eigenvalue weighted by Crippen LogP contribution is -2.26. The average Bonchev–Trinajstić information content (AvgIpc) is 2.62. The third-order valence-electron chi connectivity index (χ3n) is 3.88. The van der Waals surface area contributed by atoms with Crippen LogP contribution in [0.15, 0.2) is 0 Å². The highest BCUT2D eigenvalue weighted by Crippen LogP contribution is 2.43. The molecule has 0 spiro atoms. The number of fused-ring (bicyclic) bond motifs is 2. The summed E-state index contributed by atoms with van der Waals surface area (Å²) < 4.78 is 5.86. The van der Waals surface area contributed by atoms with E-state index in [2.05, 4.69) is 20.8 Å². The number of hydrogen-bond donors (Lipinski definition) is 0. The molecule has 0 aromatic heterocycles. The van der Waals surface area contributed by atoms with Crippen molar-refractivity contribution in [2.75, 3.05) is 0 Å².